The number of aromatic nitrogens is 2. The van der Waals surface area contributed by atoms with Crippen LogP contribution in [0.3, 0.4) is 0 Å². The maximum absolute atomic E-state index is 12.1. The summed E-state index contributed by atoms with van der Waals surface area (Å²) >= 11 is 0. The number of nitrogens with one attached hydrogen (secondary N) is 1. The molecule has 1 N–H and O–H groups in total. The van der Waals surface area contributed by atoms with Gasteiger partial charge < -0.3 is 19.3 Å². The molecule has 2 aromatic rings. The molecular formula is C18H23N3O4. The first kappa shape index (κ1) is 17.3. The number of carbonyl (C=O) groups excluding carboxylic acids is 1. The first-order valence-corrected chi connectivity index (χ1v) is 8.64. The van der Waals surface area contributed by atoms with Gasteiger partial charge >= 0.3 is 0 Å². The van der Waals surface area contributed by atoms with E-state index >= 15 is 0 Å². The van der Waals surface area contributed by atoms with Gasteiger partial charge in [-0.3, -0.25) is 4.79 Å². The Morgan fingerprint density at radius 3 is 2.60 bits per heavy atom. The Hall–Kier alpha value is -2.57. The molecule has 0 atom stereocenters. The molecule has 1 saturated carbocycles. The molecule has 3 rings (SSSR count). The molecule has 1 amide bonds. The number of carbonyl (C=O) groups is 1. The van der Waals surface area contributed by atoms with Crippen molar-refractivity contribution in [1.29, 1.82) is 0 Å². The molecule has 0 aliphatic heterocycles. The molecule has 1 aliphatic carbocycles. The standard InChI is InChI=1S/C18H23N3O4/c1-13-19-18(25-21-13)12-24-16-10-6-5-9-15(16)23-11-17(22)20-14-7-3-2-4-8-14/h5-6,9-10,14H,2-4,7-8,11-12H2,1H3,(H,20,22). The third-order valence-electron chi connectivity index (χ3n) is 4.10. The summed E-state index contributed by atoms with van der Waals surface area (Å²) in [4.78, 5) is 16.2. The Morgan fingerprint density at radius 1 is 1.20 bits per heavy atom. The number of nitrogens with zero attached hydrogens (tertiary/aromatic N) is 2. The highest BCUT2D eigenvalue weighted by atomic mass is 16.5. The normalized spacial score (nSPS) is 14.9. The molecule has 1 heterocycles. The average molecular weight is 345 g/mol. The van der Waals surface area contributed by atoms with Crippen molar-refractivity contribution in [3.63, 3.8) is 0 Å². The summed E-state index contributed by atoms with van der Waals surface area (Å²) in [6.07, 6.45) is 5.71. The number of ether oxygens (including phenoxy) is 2. The predicted molar refractivity (Wildman–Crippen MR) is 90.3 cm³/mol. The van der Waals surface area contributed by atoms with Crippen LogP contribution >= 0.6 is 0 Å². The zero-order chi connectivity index (χ0) is 17.5. The number of hydrogen-bond donors (Lipinski definition) is 1. The van der Waals surface area contributed by atoms with Crippen LogP contribution in [0, 0.1) is 6.92 Å². The summed E-state index contributed by atoms with van der Waals surface area (Å²) in [5.74, 6) is 1.89. The van der Waals surface area contributed by atoms with Crippen molar-refractivity contribution in [2.75, 3.05) is 6.61 Å². The highest BCUT2D eigenvalue weighted by Crippen LogP contribution is 2.27. The van der Waals surface area contributed by atoms with E-state index in [1.165, 1.54) is 19.3 Å². The van der Waals surface area contributed by atoms with E-state index in [-0.39, 0.29) is 25.2 Å². The van der Waals surface area contributed by atoms with Gasteiger partial charge in [0.05, 0.1) is 0 Å². The molecule has 0 unspecified atom stereocenters. The number of rotatable bonds is 7. The van der Waals surface area contributed by atoms with E-state index in [9.17, 15) is 4.79 Å². The van der Waals surface area contributed by atoms with E-state index < -0.39 is 0 Å². The maximum Gasteiger partial charge on any atom is 0.264 e. The molecule has 1 fully saturated rings. The van der Waals surface area contributed by atoms with Gasteiger partial charge in [0.15, 0.2) is 30.5 Å². The van der Waals surface area contributed by atoms with Crippen molar-refractivity contribution in [3.8, 4) is 11.5 Å². The van der Waals surface area contributed by atoms with E-state index in [0.717, 1.165) is 12.8 Å². The second-order valence-corrected chi connectivity index (χ2v) is 6.16. The minimum atomic E-state index is -0.103. The number of hydrogen-bond acceptors (Lipinski definition) is 6. The van der Waals surface area contributed by atoms with E-state index in [0.29, 0.717) is 23.2 Å². The summed E-state index contributed by atoms with van der Waals surface area (Å²) in [6.45, 7) is 1.86. The van der Waals surface area contributed by atoms with Crippen LogP contribution in [0.5, 0.6) is 11.5 Å². The lowest BCUT2D eigenvalue weighted by atomic mass is 9.95. The molecule has 7 heteroatoms. The van der Waals surface area contributed by atoms with Crippen molar-refractivity contribution in [2.45, 2.75) is 51.7 Å². The van der Waals surface area contributed by atoms with Gasteiger partial charge in [-0.2, -0.15) is 4.98 Å². The van der Waals surface area contributed by atoms with Crippen molar-refractivity contribution in [1.82, 2.24) is 15.5 Å². The molecule has 1 aliphatic rings. The smallest absolute Gasteiger partial charge is 0.264 e. The minimum Gasteiger partial charge on any atom is -0.480 e. The van der Waals surface area contributed by atoms with Crippen LogP contribution in [0.2, 0.25) is 0 Å². The van der Waals surface area contributed by atoms with E-state index in [2.05, 4.69) is 15.5 Å². The van der Waals surface area contributed by atoms with Crippen LogP contribution in [0.15, 0.2) is 28.8 Å². The van der Waals surface area contributed by atoms with Gasteiger partial charge in [0, 0.05) is 6.04 Å². The lowest BCUT2D eigenvalue weighted by Crippen LogP contribution is -2.39. The molecule has 1 aromatic carbocycles. The summed E-state index contributed by atoms with van der Waals surface area (Å²) in [5, 5.41) is 6.75. The molecule has 134 valence electrons. The van der Waals surface area contributed by atoms with Crippen LogP contribution in [-0.2, 0) is 11.4 Å². The Bertz CT molecular complexity index is 695. The molecule has 0 spiro atoms. The minimum absolute atomic E-state index is 0.0312. The van der Waals surface area contributed by atoms with Crippen molar-refractivity contribution in [3.05, 3.63) is 36.0 Å². The van der Waals surface area contributed by atoms with Crippen LogP contribution in [0.25, 0.3) is 0 Å². The zero-order valence-electron chi connectivity index (χ0n) is 14.4. The van der Waals surface area contributed by atoms with Gasteiger partial charge in [0.2, 0.25) is 0 Å². The highest BCUT2D eigenvalue weighted by Gasteiger charge is 2.16. The first-order valence-electron chi connectivity index (χ1n) is 8.64. The molecule has 0 bridgehead atoms. The first-order chi connectivity index (χ1) is 12.2. The highest BCUT2D eigenvalue weighted by molar-refractivity contribution is 5.77. The number of para-hydroxylation sites is 2. The quantitative estimate of drug-likeness (QED) is 0.830. The van der Waals surface area contributed by atoms with Gasteiger partial charge in [-0.05, 0) is 31.9 Å². The zero-order valence-corrected chi connectivity index (χ0v) is 14.4. The lowest BCUT2D eigenvalue weighted by Gasteiger charge is -2.22. The fraction of sp³-hybridized carbons (Fsp3) is 0.500. The largest absolute Gasteiger partial charge is 0.480 e. The summed E-state index contributed by atoms with van der Waals surface area (Å²) in [7, 11) is 0. The van der Waals surface area contributed by atoms with Crippen molar-refractivity contribution >= 4 is 5.91 Å². The van der Waals surface area contributed by atoms with Crippen molar-refractivity contribution < 1.29 is 18.8 Å². The van der Waals surface area contributed by atoms with Gasteiger partial charge in [-0.1, -0.05) is 36.6 Å². The molecule has 1 aromatic heterocycles. The third-order valence-corrected chi connectivity index (χ3v) is 4.10. The number of aryl methyl sites for hydroxylation is 1. The summed E-state index contributed by atoms with van der Waals surface area (Å²) in [5.41, 5.74) is 0. The van der Waals surface area contributed by atoms with Crippen LogP contribution in [0.1, 0.15) is 43.8 Å². The molecular weight excluding hydrogens is 322 g/mol. The monoisotopic (exact) mass is 345 g/mol. The van der Waals surface area contributed by atoms with Gasteiger partial charge in [-0.25, -0.2) is 0 Å². The van der Waals surface area contributed by atoms with Gasteiger partial charge in [-0.15, -0.1) is 0 Å². The molecule has 0 radical (unpaired) electrons. The van der Waals surface area contributed by atoms with Crippen LogP contribution in [-0.4, -0.2) is 28.7 Å². The van der Waals surface area contributed by atoms with E-state index in [1.54, 1.807) is 19.1 Å². The Morgan fingerprint density at radius 2 is 1.92 bits per heavy atom. The maximum atomic E-state index is 12.1. The lowest BCUT2D eigenvalue weighted by molar-refractivity contribution is -0.124. The Labute approximate surface area is 146 Å². The van der Waals surface area contributed by atoms with E-state index in [4.69, 9.17) is 14.0 Å². The molecule has 0 saturated heterocycles. The third kappa shape index (κ3) is 5.20. The topological polar surface area (TPSA) is 86.5 Å². The second kappa shape index (κ2) is 8.50. The Balaban J connectivity index is 1.50. The number of benzene rings is 1. The number of amides is 1. The Kier molecular flexibility index (Phi) is 5.87. The predicted octanol–water partition coefficient (Wildman–Crippen LogP) is 2.78. The summed E-state index contributed by atoms with van der Waals surface area (Å²) in [6, 6.07) is 7.48. The molecule has 7 nitrogen and oxygen atoms in total. The van der Waals surface area contributed by atoms with Gasteiger partial charge in [0.25, 0.3) is 11.8 Å². The van der Waals surface area contributed by atoms with Gasteiger partial charge in [0.1, 0.15) is 0 Å². The average Bonchev–Trinajstić information content (AvgIpc) is 3.05. The van der Waals surface area contributed by atoms with Crippen LogP contribution < -0.4 is 14.8 Å². The fourth-order valence-corrected chi connectivity index (χ4v) is 2.89. The second-order valence-electron chi connectivity index (χ2n) is 6.16. The SMILES string of the molecule is Cc1noc(COc2ccccc2OCC(=O)NC2CCCCC2)n1. The van der Waals surface area contributed by atoms with Crippen LogP contribution in [0.4, 0.5) is 0 Å². The molecule has 25 heavy (non-hydrogen) atoms. The summed E-state index contributed by atoms with van der Waals surface area (Å²) < 4.78 is 16.3. The van der Waals surface area contributed by atoms with Crippen molar-refractivity contribution in [2.24, 2.45) is 0 Å². The fourth-order valence-electron chi connectivity index (χ4n) is 2.89. The van der Waals surface area contributed by atoms with E-state index in [1.807, 2.05) is 12.1 Å².